The lowest BCUT2D eigenvalue weighted by atomic mass is 10.1. The predicted molar refractivity (Wildman–Crippen MR) is 91.7 cm³/mol. The van der Waals surface area contributed by atoms with Crippen molar-refractivity contribution in [1.82, 2.24) is 4.90 Å². The monoisotopic (exact) mass is 339 g/mol. The summed E-state index contributed by atoms with van der Waals surface area (Å²) in [6.07, 6.45) is 0. The molecule has 22 heavy (non-hydrogen) atoms. The number of halogens is 2. The third-order valence-corrected chi connectivity index (χ3v) is 3.30. The number of ether oxygens (including phenoxy) is 1. The fraction of sp³-hybridized carbons (Fsp3) is 0.235. The van der Waals surface area contributed by atoms with Gasteiger partial charge >= 0.3 is 5.97 Å². The molecule has 0 amide bonds. The van der Waals surface area contributed by atoms with Crippen molar-refractivity contribution in [2.45, 2.75) is 13.2 Å². The highest BCUT2D eigenvalue weighted by Crippen LogP contribution is 2.14. The van der Waals surface area contributed by atoms with Gasteiger partial charge in [0.25, 0.3) is 0 Å². The van der Waals surface area contributed by atoms with Gasteiger partial charge in [-0.2, -0.15) is 0 Å². The number of benzene rings is 2. The van der Waals surface area contributed by atoms with Gasteiger partial charge in [-0.25, -0.2) is 4.79 Å². The molecule has 0 spiro atoms. The fourth-order valence-corrected chi connectivity index (χ4v) is 2.13. The van der Waals surface area contributed by atoms with Crippen molar-refractivity contribution < 1.29 is 9.53 Å². The van der Waals surface area contributed by atoms with Crippen LogP contribution in [0.15, 0.2) is 48.5 Å². The van der Waals surface area contributed by atoms with Crippen molar-refractivity contribution >= 4 is 30.0 Å². The summed E-state index contributed by atoms with van der Waals surface area (Å²) in [6.45, 7) is 1.08. The molecule has 2 aromatic rings. The van der Waals surface area contributed by atoms with Crippen LogP contribution in [0.1, 0.15) is 21.5 Å². The topological polar surface area (TPSA) is 29.5 Å². The molecule has 0 radical (unpaired) electrons. The van der Waals surface area contributed by atoms with Crippen LogP contribution in [0.5, 0.6) is 0 Å². The zero-order valence-corrected chi connectivity index (χ0v) is 14.2. The van der Waals surface area contributed by atoms with Gasteiger partial charge in [-0.3, -0.25) is 0 Å². The average Bonchev–Trinajstić information content (AvgIpc) is 2.46. The molecule has 0 aliphatic heterocycles. The van der Waals surface area contributed by atoms with E-state index in [1.165, 1.54) is 0 Å². The normalized spacial score (nSPS) is 10.2. The van der Waals surface area contributed by atoms with Gasteiger partial charge in [0.15, 0.2) is 0 Å². The highest BCUT2D eigenvalue weighted by Gasteiger charge is 2.09. The summed E-state index contributed by atoms with van der Waals surface area (Å²) in [4.78, 5) is 14.1. The Bertz CT molecular complexity index is 612. The highest BCUT2D eigenvalue weighted by atomic mass is 35.5. The molecule has 0 atom stereocenters. The van der Waals surface area contributed by atoms with Gasteiger partial charge in [-0.05, 0) is 49.5 Å². The first-order valence-corrected chi connectivity index (χ1v) is 7.08. The van der Waals surface area contributed by atoms with Gasteiger partial charge in [0.05, 0.1) is 5.56 Å². The maximum absolute atomic E-state index is 12.0. The predicted octanol–water partition coefficient (Wildman–Crippen LogP) is 4.18. The van der Waals surface area contributed by atoms with Gasteiger partial charge in [-0.15, -0.1) is 12.4 Å². The Morgan fingerprint density at radius 3 is 2.23 bits per heavy atom. The van der Waals surface area contributed by atoms with Crippen LogP contribution >= 0.6 is 24.0 Å². The minimum Gasteiger partial charge on any atom is -0.457 e. The van der Waals surface area contributed by atoms with E-state index >= 15 is 0 Å². The lowest BCUT2D eigenvalue weighted by molar-refractivity contribution is 0.0471. The van der Waals surface area contributed by atoms with E-state index in [0.29, 0.717) is 10.6 Å². The summed E-state index contributed by atoms with van der Waals surface area (Å²) < 4.78 is 5.38. The maximum atomic E-state index is 12.0. The Morgan fingerprint density at radius 2 is 1.64 bits per heavy atom. The zero-order valence-electron chi connectivity index (χ0n) is 12.6. The largest absolute Gasteiger partial charge is 0.457 e. The molecular formula is C17H19Cl2NO2. The average molecular weight is 340 g/mol. The first-order valence-electron chi connectivity index (χ1n) is 6.70. The first-order chi connectivity index (χ1) is 10.1. The molecule has 2 aromatic carbocycles. The second-order valence-corrected chi connectivity index (χ2v) is 5.53. The SMILES string of the molecule is CN(C)Cc1ccccc1COC(=O)c1ccc(Cl)cc1.Cl. The van der Waals surface area contributed by atoms with Crippen molar-refractivity contribution in [2.24, 2.45) is 0 Å². The smallest absolute Gasteiger partial charge is 0.338 e. The Labute approximate surface area is 142 Å². The first kappa shape index (κ1) is 18.5. The quantitative estimate of drug-likeness (QED) is 0.765. The number of carbonyl (C=O) groups excluding carboxylic acids is 1. The van der Waals surface area contributed by atoms with Gasteiger partial charge in [0, 0.05) is 11.6 Å². The van der Waals surface area contributed by atoms with Gasteiger partial charge in [-0.1, -0.05) is 35.9 Å². The standard InChI is InChI=1S/C17H18ClNO2.ClH/c1-19(2)11-14-5-3-4-6-15(14)12-21-17(20)13-7-9-16(18)10-8-13;/h3-10H,11-12H2,1-2H3;1H. The molecule has 3 nitrogen and oxygen atoms in total. The Kier molecular flexibility index (Phi) is 7.39. The lowest BCUT2D eigenvalue weighted by Gasteiger charge is -2.14. The number of hydrogen-bond acceptors (Lipinski definition) is 3. The van der Waals surface area contributed by atoms with E-state index in [9.17, 15) is 4.79 Å². The van der Waals surface area contributed by atoms with Crippen molar-refractivity contribution in [3.8, 4) is 0 Å². The minimum atomic E-state index is -0.341. The molecule has 0 fully saturated rings. The number of hydrogen-bond donors (Lipinski definition) is 0. The summed E-state index contributed by atoms with van der Waals surface area (Å²) in [5.41, 5.74) is 2.68. The number of carbonyl (C=O) groups is 1. The fourth-order valence-electron chi connectivity index (χ4n) is 2.01. The Balaban J connectivity index is 0.00000242. The van der Waals surface area contributed by atoms with Crippen LogP contribution in [-0.4, -0.2) is 25.0 Å². The van der Waals surface area contributed by atoms with E-state index in [4.69, 9.17) is 16.3 Å². The van der Waals surface area contributed by atoms with Gasteiger partial charge < -0.3 is 9.64 Å². The summed E-state index contributed by atoms with van der Waals surface area (Å²) in [6, 6.07) is 14.6. The summed E-state index contributed by atoms with van der Waals surface area (Å²) in [7, 11) is 4.02. The lowest BCUT2D eigenvalue weighted by Crippen LogP contribution is -2.13. The van der Waals surface area contributed by atoms with Gasteiger partial charge in [0.1, 0.15) is 6.61 Å². The third-order valence-electron chi connectivity index (χ3n) is 3.04. The van der Waals surface area contributed by atoms with Crippen molar-refractivity contribution in [3.63, 3.8) is 0 Å². The van der Waals surface area contributed by atoms with Crippen molar-refractivity contribution in [3.05, 3.63) is 70.2 Å². The van der Waals surface area contributed by atoms with E-state index in [2.05, 4.69) is 4.90 Å². The van der Waals surface area contributed by atoms with Crippen LogP contribution in [-0.2, 0) is 17.9 Å². The molecule has 0 unspecified atom stereocenters. The van der Waals surface area contributed by atoms with Crippen LogP contribution < -0.4 is 0 Å². The molecule has 118 valence electrons. The van der Waals surface area contributed by atoms with E-state index in [1.807, 2.05) is 38.4 Å². The molecule has 0 saturated carbocycles. The molecule has 5 heteroatoms. The second-order valence-electron chi connectivity index (χ2n) is 5.09. The van der Waals surface area contributed by atoms with E-state index in [-0.39, 0.29) is 25.0 Å². The maximum Gasteiger partial charge on any atom is 0.338 e. The minimum absolute atomic E-state index is 0. The molecule has 0 aromatic heterocycles. The number of nitrogens with zero attached hydrogens (tertiary/aromatic N) is 1. The third kappa shape index (κ3) is 5.34. The van der Waals surface area contributed by atoms with Crippen LogP contribution in [0.2, 0.25) is 5.02 Å². The van der Waals surface area contributed by atoms with Crippen LogP contribution in [0, 0.1) is 0 Å². The molecule has 0 heterocycles. The number of esters is 1. The van der Waals surface area contributed by atoms with Crippen molar-refractivity contribution in [1.29, 1.82) is 0 Å². The zero-order chi connectivity index (χ0) is 15.2. The van der Waals surface area contributed by atoms with E-state index in [1.54, 1.807) is 24.3 Å². The van der Waals surface area contributed by atoms with E-state index in [0.717, 1.165) is 17.7 Å². The van der Waals surface area contributed by atoms with Crippen molar-refractivity contribution in [2.75, 3.05) is 14.1 Å². The molecular weight excluding hydrogens is 321 g/mol. The van der Waals surface area contributed by atoms with Crippen LogP contribution in [0.3, 0.4) is 0 Å². The highest BCUT2D eigenvalue weighted by molar-refractivity contribution is 6.30. The Hall–Kier alpha value is -1.55. The van der Waals surface area contributed by atoms with Crippen LogP contribution in [0.25, 0.3) is 0 Å². The number of rotatable bonds is 5. The van der Waals surface area contributed by atoms with Gasteiger partial charge in [0.2, 0.25) is 0 Å². The molecule has 0 saturated heterocycles. The van der Waals surface area contributed by atoms with E-state index < -0.39 is 0 Å². The molecule has 0 aliphatic carbocycles. The molecule has 0 aliphatic rings. The Morgan fingerprint density at radius 1 is 1.05 bits per heavy atom. The second kappa shape index (κ2) is 8.79. The molecule has 0 bridgehead atoms. The summed E-state index contributed by atoms with van der Waals surface area (Å²) in [5, 5.41) is 0.600. The van der Waals surface area contributed by atoms with Crippen LogP contribution in [0.4, 0.5) is 0 Å². The molecule has 2 rings (SSSR count). The summed E-state index contributed by atoms with van der Waals surface area (Å²) in [5.74, 6) is -0.341. The summed E-state index contributed by atoms with van der Waals surface area (Å²) >= 11 is 5.80. The molecule has 0 N–H and O–H groups in total.